The van der Waals surface area contributed by atoms with E-state index in [-0.39, 0.29) is 96.2 Å². The average molecular weight is 222 g/mol. The second kappa shape index (κ2) is 10.1. The van der Waals surface area contributed by atoms with Gasteiger partial charge in [-0.25, -0.2) is 4.79 Å². The predicted molar refractivity (Wildman–Crippen MR) is 19.7 cm³/mol. The summed E-state index contributed by atoms with van der Waals surface area (Å²) in [6, 6.07) is 0. The standard InChI is InChI=1S/CH2O3.Cs.Mg.3H/c2-1(3)4;;;;;/h(H2,2,3,4);;;;;/q;+1;+2;3*-1. The second-order valence-electron chi connectivity index (χ2n) is 0.283. The molecule has 0 rings (SSSR count). The third-order valence-corrected chi connectivity index (χ3v) is 0. The summed E-state index contributed by atoms with van der Waals surface area (Å²) in [6.07, 6.45) is -1.83. The first-order chi connectivity index (χ1) is 1.73. The van der Waals surface area contributed by atoms with Crippen LogP contribution in [-0.2, 0) is 0 Å². The summed E-state index contributed by atoms with van der Waals surface area (Å²) in [5.74, 6) is 0. The van der Waals surface area contributed by atoms with Gasteiger partial charge in [0.2, 0.25) is 0 Å². The fourth-order valence-corrected chi connectivity index (χ4v) is 0. The number of hydrogen-bond acceptors (Lipinski definition) is 1. The van der Waals surface area contributed by atoms with E-state index in [0.29, 0.717) is 0 Å². The van der Waals surface area contributed by atoms with Gasteiger partial charge >= 0.3 is 98.1 Å². The molecule has 0 bridgehead atoms. The van der Waals surface area contributed by atoms with Crippen molar-refractivity contribution >= 4 is 29.2 Å². The Hall–Kier alpha value is 2.09. The first-order valence-corrected chi connectivity index (χ1v) is 0.651. The van der Waals surface area contributed by atoms with Gasteiger partial charge in [0.15, 0.2) is 0 Å². The summed E-state index contributed by atoms with van der Waals surface area (Å²) in [6.45, 7) is 0. The van der Waals surface area contributed by atoms with Crippen molar-refractivity contribution in [3.63, 3.8) is 0 Å². The molecule has 0 aromatic heterocycles. The Balaban J connectivity index is -0.00000000450. The molecule has 0 radical (unpaired) electrons. The molecule has 0 spiro atoms. The van der Waals surface area contributed by atoms with E-state index in [2.05, 4.69) is 0 Å². The Morgan fingerprint density at radius 2 is 1.50 bits per heavy atom. The minimum Gasteiger partial charge on any atom is -1.00 e. The molecule has 0 unspecified atom stereocenters. The summed E-state index contributed by atoms with van der Waals surface area (Å²) in [7, 11) is 0. The third kappa shape index (κ3) is 36.1. The van der Waals surface area contributed by atoms with E-state index in [1.807, 2.05) is 0 Å². The summed E-state index contributed by atoms with van der Waals surface area (Å²) in [5.41, 5.74) is 0. The molecule has 0 aliphatic heterocycles. The van der Waals surface area contributed by atoms with E-state index in [9.17, 15) is 0 Å². The molecule has 0 atom stereocenters. The summed E-state index contributed by atoms with van der Waals surface area (Å²) >= 11 is 0. The van der Waals surface area contributed by atoms with Crippen LogP contribution in [-0.4, -0.2) is 39.4 Å². The Kier molecular flexibility index (Phi) is 26.5. The molecule has 2 N–H and O–H groups in total. The molecule has 0 heterocycles. The van der Waals surface area contributed by atoms with Crippen LogP contribution in [0.2, 0.25) is 0 Å². The molecule has 3 nitrogen and oxygen atoms in total. The third-order valence-electron chi connectivity index (χ3n) is 0. The zero-order valence-corrected chi connectivity index (χ0v) is 11.2. The van der Waals surface area contributed by atoms with Crippen LogP contribution in [0.1, 0.15) is 4.28 Å². The molecule has 5 heteroatoms. The number of rotatable bonds is 0. The fraction of sp³-hybridized carbons (Fsp3) is 0. The topological polar surface area (TPSA) is 57.5 Å². The maximum atomic E-state index is 8.56. The Labute approximate surface area is 115 Å². The van der Waals surface area contributed by atoms with Crippen molar-refractivity contribution in [2.75, 3.05) is 0 Å². The van der Waals surface area contributed by atoms with E-state index in [0.717, 1.165) is 0 Å². The quantitative estimate of drug-likeness (QED) is 0.435. The van der Waals surface area contributed by atoms with Gasteiger partial charge in [-0.05, 0) is 0 Å². The van der Waals surface area contributed by atoms with Gasteiger partial charge in [0.1, 0.15) is 0 Å². The molecule has 0 aromatic rings. The molecule has 30 valence electrons. The van der Waals surface area contributed by atoms with Gasteiger partial charge in [-0.1, -0.05) is 0 Å². The molecule has 0 aliphatic rings. The Morgan fingerprint density at radius 1 is 1.50 bits per heavy atom. The SMILES string of the molecule is O=C(O)O.[Cs+].[H-].[H-].[H-].[Mg+2]. The molecule has 0 fully saturated rings. The Morgan fingerprint density at radius 3 is 1.50 bits per heavy atom. The van der Waals surface area contributed by atoms with Crippen LogP contribution in [0.5, 0.6) is 0 Å². The van der Waals surface area contributed by atoms with E-state index in [1.165, 1.54) is 0 Å². The normalized spacial score (nSPS) is 4.00. The van der Waals surface area contributed by atoms with Gasteiger partial charge in [0, 0.05) is 0 Å². The van der Waals surface area contributed by atoms with Crippen molar-refractivity contribution in [3.05, 3.63) is 0 Å². The summed E-state index contributed by atoms with van der Waals surface area (Å²) < 4.78 is 0. The van der Waals surface area contributed by atoms with Crippen LogP contribution in [0.4, 0.5) is 4.79 Å². The van der Waals surface area contributed by atoms with Crippen molar-refractivity contribution in [2.45, 2.75) is 0 Å². The van der Waals surface area contributed by atoms with Crippen molar-refractivity contribution < 1.29 is 88.2 Å². The maximum absolute atomic E-state index is 8.56. The van der Waals surface area contributed by atoms with Crippen LogP contribution >= 0.6 is 0 Å². The second-order valence-corrected chi connectivity index (χ2v) is 0.283. The number of carboxylic acid groups (broad SMARTS) is 2. The van der Waals surface area contributed by atoms with E-state index < -0.39 is 6.16 Å². The maximum Gasteiger partial charge on any atom is 2.00 e. The molecular formula is CH5CsMgO3. The molecule has 0 saturated carbocycles. The summed E-state index contributed by atoms with van der Waals surface area (Å²) in [4.78, 5) is 8.56. The Bertz CT molecular complexity index is 42.0. The van der Waals surface area contributed by atoms with Gasteiger partial charge in [-0.3, -0.25) is 0 Å². The average Bonchev–Trinajstić information content (AvgIpc) is 0.811. The van der Waals surface area contributed by atoms with Crippen molar-refractivity contribution in [3.8, 4) is 0 Å². The first-order valence-electron chi connectivity index (χ1n) is 0.651. The smallest absolute Gasteiger partial charge is 1.00 e. The van der Waals surface area contributed by atoms with Crippen molar-refractivity contribution in [1.82, 2.24) is 0 Å². The van der Waals surface area contributed by atoms with Crippen molar-refractivity contribution in [1.29, 1.82) is 0 Å². The largest absolute Gasteiger partial charge is 2.00 e. The molecule has 0 aliphatic carbocycles. The number of carbonyl (C=O) groups is 1. The minimum atomic E-state index is -1.83. The van der Waals surface area contributed by atoms with Gasteiger partial charge in [0.05, 0.1) is 0 Å². The monoisotopic (exact) mass is 222 g/mol. The molecule has 0 amide bonds. The fourth-order valence-electron chi connectivity index (χ4n) is 0. The predicted octanol–water partition coefficient (Wildman–Crippen LogP) is -2.82. The van der Waals surface area contributed by atoms with Gasteiger partial charge in [0.25, 0.3) is 0 Å². The number of hydrogen-bond donors (Lipinski definition) is 2. The van der Waals surface area contributed by atoms with Gasteiger partial charge in [-0.2, -0.15) is 0 Å². The van der Waals surface area contributed by atoms with Gasteiger partial charge < -0.3 is 14.5 Å². The van der Waals surface area contributed by atoms with E-state index in [1.54, 1.807) is 0 Å². The zero-order chi connectivity index (χ0) is 3.58. The van der Waals surface area contributed by atoms with Crippen LogP contribution in [0, 0.1) is 0 Å². The molecule has 0 aromatic carbocycles. The van der Waals surface area contributed by atoms with Crippen LogP contribution in [0.15, 0.2) is 0 Å². The minimum absolute atomic E-state index is 0. The first kappa shape index (κ1) is 15.7. The van der Waals surface area contributed by atoms with Crippen LogP contribution in [0.3, 0.4) is 0 Å². The van der Waals surface area contributed by atoms with E-state index in [4.69, 9.17) is 15.0 Å². The van der Waals surface area contributed by atoms with Gasteiger partial charge in [-0.15, -0.1) is 0 Å². The molecular weight excluding hydrogens is 217 g/mol. The van der Waals surface area contributed by atoms with Crippen LogP contribution < -0.4 is 68.9 Å². The van der Waals surface area contributed by atoms with E-state index >= 15 is 0 Å². The molecule has 0 saturated heterocycles. The van der Waals surface area contributed by atoms with Crippen molar-refractivity contribution in [2.24, 2.45) is 0 Å². The van der Waals surface area contributed by atoms with Crippen LogP contribution in [0.25, 0.3) is 0 Å². The molecule has 6 heavy (non-hydrogen) atoms. The zero-order valence-electron chi connectivity index (χ0n) is 6.51. The summed E-state index contributed by atoms with van der Waals surface area (Å²) in [5, 5.41) is 13.9.